The zero-order chi connectivity index (χ0) is 24.8. The molecule has 0 spiro atoms. The maximum atomic E-state index is 12.2. The molecule has 0 bridgehead atoms. The lowest BCUT2D eigenvalue weighted by molar-refractivity contribution is -0.136. The molecule has 176 valence electrons. The molecule has 4 aromatic rings. The molecule has 4 aromatic carbocycles. The van der Waals surface area contributed by atoms with E-state index in [0.29, 0.717) is 18.0 Å². The molecule has 0 aromatic heterocycles. The lowest BCUT2D eigenvalue weighted by atomic mass is 10.1. The van der Waals surface area contributed by atoms with Crippen LogP contribution in [0.2, 0.25) is 0 Å². The number of halogens is 1. The summed E-state index contributed by atoms with van der Waals surface area (Å²) in [4.78, 5) is 24.4. The van der Waals surface area contributed by atoms with Crippen LogP contribution in [-0.4, -0.2) is 17.5 Å². The molecule has 0 radical (unpaired) electrons. The predicted octanol–water partition coefficient (Wildman–Crippen LogP) is 5.97. The fourth-order valence-corrected chi connectivity index (χ4v) is 4.04. The molecule has 2 amide bonds. The minimum Gasteiger partial charge on any atom is -0.489 e. The van der Waals surface area contributed by atoms with Crippen LogP contribution in [0, 0.1) is 6.92 Å². The molecule has 0 aliphatic heterocycles. The Kier molecular flexibility index (Phi) is 7.57. The fourth-order valence-electron chi connectivity index (χ4n) is 3.57. The molecule has 35 heavy (non-hydrogen) atoms. The third-order valence-electron chi connectivity index (χ3n) is 5.51. The van der Waals surface area contributed by atoms with Crippen molar-refractivity contribution in [3.8, 4) is 5.75 Å². The van der Waals surface area contributed by atoms with Gasteiger partial charge in [0.05, 0.1) is 5.71 Å². The molecular formula is C28H24BrN3O3. The van der Waals surface area contributed by atoms with E-state index >= 15 is 0 Å². The van der Waals surface area contributed by atoms with Crippen molar-refractivity contribution in [1.82, 2.24) is 5.43 Å². The van der Waals surface area contributed by atoms with E-state index in [-0.39, 0.29) is 0 Å². The van der Waals surface area contributed by atoms with Gasteiger partial charge >= 0.3 is 11.8 Å². The van der Waals surface area contributed by atoms with Gasteiger partial charge in [0.15, 0.2) is 0 Å². The summed E-state index contributed by atoms with van der Waals surface area (Å²) in [6, 6.07) is 27.2. The van der Waals surface area contributed by atoms with Gasteiger partial charge in [-0.05, 0) is 83.8 Å². The summed E-state index contributed by atoms with van der Waals surface area (Å²) >= 11 is 3.37. The number of anilines is 1. The highest BCUT2D eigenvalue weighted by atomic mass is 79.9. The van der Waals surface area contributed by atoms with Crippen LogP contribution >= 0.6 is 15.9 Å². The number of benzene rings is 4. The van der Waals surface area contributed by atoms with Crippen LogP contribution in [-0.2, 0) is 16.2 Å². The first-order valence-electron chi connectivity index (χ1n) is 11.0. The number of hydrogen-bond donors (Lipinski definition) is 2. The molecule has 0 heterocycles. The minimum atomic E-state index is -0.846. The van der Waals surface area contributed by atoms with Crippen molar-refractivity contribution in [1.29, 1.82) is 0 Å². The molecule has 0 saturated heterocycles. The zero-order valence-corrected chi connectivity index (χ0v) is 20.9. The van der Waals surface area contributed by atoms with Crippen LogP contribution in [0.3, 0.4) is 0 Å². The van der Waals surface area contributed by atoms with Crippen LogP contribution in [0.1, 0.15) is 23.6 Å². The Morgan fingerprint density at radius 3 is 2.43 bits per heavy atom. The number of nitrogens with zero attached hydrogens (tertiary/aromatic N) is 1. The van der Waals surface area contributed by atoms with E-state index < -0.39 is 11.8 Å². The molecule has 0 atom stereocenters. The van der Waals surface area contributed by atoms with Gasteiger partial charge in [-0.2, -0.15) is 5.10 Å². The third-order valence-corrected chi connectivity index (χ3v) is 6.01. The summed E-state index contributed by atoms with van der Waals surface area (Å²) in [5, 5.41) is 9.00. The van der Waals surface area contributed by atoms with Crippen molar-refractivity contribution in [2.24, 2.45) is 5.10 Å². The van der Waals surface area contributed by atoms with Crippen molar-refractivity contribution in [2.45, 2.75) is 20.5 Å². The number of nitrogens with one attached hydrogen (secondary N) is 2. The van der Waals surface area contributed by atoms with Crippen LogP contribution in [0.4, 0.5) is 5.69 Å². The van der Waals surface area contributed by atoms with E-state index in [9.17, 15) is 9.59 Å². The van der Waals surface area contributed by atoms with E-state index in [1.165, 1.54) is 10.8 Å². The Bertz CT molecular complexity index is 1410. The lowest BCUT2D eigenvalue weighted by Gasteiger charge is -2.10. The van der Waals surface area contributed by atoms with Crippen LogP contribution in [0.5, 0.6) is 5.75 Å². The second-order valence-corrected chi connectivity index (χ2v) is 8.92. The van der Waals surface area contributed by atoms with Crippen molar-refractivity contribution in [3.05, 3.63) is 106 Å². The SMILES string of the molecule is CC(=NNC(=O)C(=O)Nc1ccc(Br)cc1C)c1ccc(OCc2cccc3ccccc23)cc1. The molecule has 0 fully saturated rings. The summed E-state index contributed by atoms with van der Waals surface area (Å²) < 4.78 is 6.86. The van der Waals surface area contributed by atoms with E-state index in [4.69, 9.17) is 4.74 Å². The smallest absolute Gasteiger partial charge is 0.329 e. The van der Waals surface area contributed by atoms with Gasteiger partial charge < -0.3 is 10.1 Å². The first-order valence-corrected chi connectivity index (χ1v) is 11.8. The van der Waals surface area contributed by atoms with E-state index in [0.717, 1.165) is 26.9 Å². The number of carbonyl (C=O) groups excluding carboxylic acids is 2. The lowest BCUT2D eigenvalue weighted by Crippen LogP contribution is -2.33. The highest BCUT2D eigenvalue weighted by molar-refractivity contribution is 9.10. The Hall–Kier alpha value is -3.97. The third kappa shape index (κ3) is 6.13. The fraction of sp³-hybridized carbons (Fsp3) is 0.107. The maximum absolute atomic E-state index is 12.2. The van der Waals surface area contributed by atoms with E-state index in [2.05, 4.69) is 56.0 Å². The van der Waals surface area contributed by atoms with Gasteiger partial charge in [-0.15, -0.1) is 0 Å². The number of rotatable bonds is 6. The topological polar surface area (TPSA) is 79.8 Å². The van der Waals surface area contributed by atoms with Gasteiger partial charge in [0.2, 0.25) is 0 Å². The molecular weight excluding hydrogens is 506 g/mol. The van der Waals surface area contributed by atoms with Gasteiger partial charge in [-0.3, -0.25) is 9.59 Å². The molecule has 6 nitrogen and oxygen atoms in total. The van der Waals surface area contributed by atoms with Crippen molar-refractivity contribution in [3.63, 3.8) is 0 Å². The summed E-state index contributed by atoms with van der Waals surface area (Å²) in [6.45, 7) is 4.05. The number of fused-ring (bicyclic) bond motifs is 1. The van der Waals surface area contributed by atoms with Crippen LogP contribution in [0.25, 0.3) is 10.8 Å². The van der Waals surface area contributed by atoms with Crippen LogP contribution in [0.15, 0.2) is 94.5 Å². The largest absolute Gasteiger partial charge is 0.489 e. The van der Waals surface area contributed by atoms with Gasteiger partial charge in [0.1, 0.15) is 12.4 Å². The second-order valence-electron chi connectivity index (χ2n) is 8.00. The number of aryl methyl sites for hydroxylation is 1. The number of amides is 2. The first-order chi connectivity index (χ1) is 16.9. The highest BCUT2D eigenvalue weighted by Gasteiger charge is 2.14. The molecule has 7 heteroatoms. The molecule has 0 aliphatic rings. The van der Waals surface area contributed by atoms with Gasteiger partial charge in [0, 0.05) is 10.2 Å². The van der Waals surface area contributed by atoms with Crippen molar-refractivity contribution in [2.75, 3.05) is 5.32 Å². The van der Waals surface area contributed by atoms with Crippen molar-refractivity contribution >= 4 is 49.9 Å². The Morgan fingerprint density at radius 1 is 0.914 bits per heavy atom. The van der Waals surface area contributed by atoms with E-state index in [1.54, 1.807) is 19.1 Å². The molecule has 4 rings (SSSR count). The number of hydrazone groups is 1. The Balaban J connectivity index is 1.33. The standard InChI is InChI=1S/C28H24BrN3O3/c1-18-16-23(29)12-15-26(18)30-27(33)28(34)32-31-19(2)20-10-13-24(14-11-20)35-17-22-8-5-7-21-6-3-4-9-25(21)22/h3-16H,17H2,1-2H3,(H,30,33)(H,32,34). The average Bonchev–Trinajstić information content (AvgIpc) is 2.87. The molecule has 2 N–H and O–H groups in total. The zero-order valence-electron chi connectivity index (χ0n) is 19.3. The Labute approximate surface area is 212 Å². The summed E-state index contributed by atoms with van der Waals surface area (Å²) in [6.07, 6.45) is 0. The molecule has 0 saturated carbocycles. The predicted molar refractivity (Wildman–Crippen MR) is 143 cm³/mol. The highest BCUT2D eigenvalue weighted by Crippen LogP contribution is 2.22. The first kappa shape index (κ1) is 24.2. The van der Waals surface area contributed by atoms with Gasteiger partial charge in [-0.1, -0.05) is 58.4 Å². The summed E-state index contributed by atoms with van der Waals surface area (Å²) in [5.74, 6) is -0.909. The van der Waals surface area contributed by atoms with Crippen LogP contribution < -0.4 is 15.5 Å². The molecule has 0 aliphatic carbocycles. The minimum absolute atomic E-state index is 0.455. The normalized spacial score (nSPS) is 11.2. The second kappa shape index (κ2) is 11.0. The maximum Gasteiger partial charge on any atom is 0.329 e. The molecule has 0 unspecified atom stereocenters. The number of hydrogen-bond acceptors (Lipinski definition) is 4. The summed E-state index contributed by atoms with van der Waals surface area (Å²) in [5.41, 5.74) is 6.18. The van der Waals surface area contributed by atoms with Gasteiger partial charge in [0.25, 0.3) is 0 Å². The van der Waals surface area contributed by atoms with Gasteiger partial charge in [-0.25, -0.2) is 5.43 Å². The Morgan fingerprint density at radius 2 is 1.66 bits per heavy atom. The number of carbonyl (C=O) groups is 2. The van der Waals surface area contributed by atoms with Crippen molar-refractivity contribution < 1.29 is 14.3 Å². The monoisotopic (exact) mass is 529 g/mol. The summed E-state index contributed by atoms with van der Waals surface area (Å²) in [7, 11) is 0. The van der Waals surface area contributed by atoms with E-state index in [1.807, 2.05) is 55.5 Å². The number of ether oxygens (including phenoxy) is 1. The quantitative estimate of drug-likeness (QED) is 0.183. The average molecular weight is 530 g/mol.